The second kappa shape index (κ2) is 5.03. The summed E-state index contributed by atoms with van der Waals surface area (Å²) in [4.78, 5) is 10.7. The number of halogens is 4. The van der Waals surface area contributed by atoms with Crippen LogP contribution in [-0.2, 0) is 4.79 Å². The number of carbonyl (C=O) groups excluding carboxylic acids is 1. The van der Waals surface area contributed by atoms with E-state index in [0.29, 0.717) is 0 Å². The number of amides is 1. The number of nitrogens with one attached hydrogen (secondary N) is 1. The third kappa shape index (κ3) is 3.24. The van der Waals surface area contributed by atoms with Crippen LogP contribution in [0.5, 0.6) is 0 Å². The Morgan fingerprint density at radius 1 is 1.40 bits per heavy atom. The van der Waals surface area contributed by atoms with Crippen molar-refractivity contribution in [3.8, 4) is 0 Å². The fourth-order valence-corrected chi connectivity index (χ4v) is 1.40. The van der Waals surface area contributed by atoms with Gasteiger partial charge in [-0.3, -0.25) is 4.79 Å². The Balaban J connectivity index is 3.00. The average molecular weight is 343 g/mol. The van der Waals surface area contributed by atoms with Crippen molar-refractivity contribution in [3.63, 3.8) is 0 Å². The Hall–Kier alpha value is -0.490. The van der Waals surface area contributed by atoms with Gasteiger partial charge in [0.25, 0.3) is 0 Å². The second-order valence-electron chi connectivity index (χ2n) is 2.85. The van der Waals surface area contributed by atoms with Gasteiger partial charge in [0.2, 0.25) is 5.91 Å². The van der Waals surface area contributed by atoms with Crippen molar-refractivity contribution in [2.75, 3.05) is 5.32 Å². The maximum atomic E-state index is 13.2. The van der Waals surface area contributed by atoms with Crippen LogP contribution in [0.15, 0.2) is 16.6 Å². The van der Waals surface area contributed by atoms with Crippen molar-refractivity contribution in [3.05, 3.63) is 28.2 Å². The molecule has 82 valence electrons. The lowest BCUT2D eigenvalue weighted by atomic mass is 10.3. The van der Waals surface area contributed by atoms with Crippen LogP contribution in [-0.4, -0.2) is 10.7 Å². The minimum Gasteiger partial charge on any atom is -0.320 e. The van der Waals surface area contributed by atoms with Gasteiger partial charge in [-0.05, 0) is 19.1 Å². The Bertz CT molecular complexity index is 373. The molecule has 6 heteroatoms. The molecular weight excluding hydrogens is 336 g/mol. The first-order valence-electron chi connectivity index (χ1n) is 4.01. The molecule has 0 spiro atoms. The van der Waals surface area contributed by atoms with Gasteiger partial charge >= 0.3 is 0 Å². The van der Waals surface area contributed by atoms with Gasteiger partial charge in [-0.1, -0.05) is 31.9 Å². The lowest BCUT2D eigenvalue weighted by Crippen LogP contribution is -2.21. The highest BCUT2D eigenvalue weighted by Crippen LogP contribution is 2.24. The second-order valence-corrected chi connectivity index (χ2v) is 5.14. The lowest BCUT2D eigenvalue weighted by molar-refractivity contribution is -0.115. The maximum Gasteiger partial charge on any atom is 0.238 e. The van der Waals surface area contributed by atoms with Gasteiger partial charge in [-0.2, -0.15) is 0 Å². The molecule has 15 heavy (non-hydrogen) atoms. The Morgan fingerprint density at radius 3 is 2.27 bits per heavy atom. The molecule has 0 saturated carbocycles. The molecule has 1 aromatic rings. The molecule has 1 N–H and O–H groups in total. The van der Waals surface area contributed by atoms with E-state index in [0.717, 1.165) is 12.1 Å². The van der Waals surface area contributed by atoms with Crippen molar-refractivity contribution < 1.29 is 13.6 Å². The topological polar surface area (TPSA) is 29.1 Å². The number of hydrogen-bond acceptors (Lipinski definition) is 1. The predicted molar refractivity (Wildman–Crippen MR) is 61.1 cm³/mol. The number of benzene rings is 1. The fourth-order valence-electron chi connectivity index (χ4n) is 0.884. The summed E-state index contributed by atoms with van der Waals surface area (Å²) in [6.07, 6.45) is 0. The highest BCUT2D eigenvalue weighted by Gasteiger charge is 2.15. The van der Waals surface area contributed by atoms with Gasteiger partial charge in [-0.15, -0.1) is 0 Å². The third-order valence-electron chi connectivity index (χ3n) is 1.62. The van der Waals surface area contributed by atoms with Crippen molar-refractivity contribution in [1.82, 2.24) is 0 Å². The minimum absolute atomic E-state index is 0.280. The molecule has 2 nitrogen and oxygen atoms in total. The molecule has 1 atom stereocenters. The van der Waals surface area contributed by atoms with Gasteiger partial charge in [0.1, 0.15) is 5.69 Å². The Labute approximate surface area is 102 Å². The molecule has 0 fully saturated rings. The number of hydrogen-bond donors (Lipinski definition) is 1. The average Bonchev–Trinajstić information content (AvgIpc) is 2.10. The molecule has 1 amide bonds. The van der Waals surface area contributed by atoms with E-state index in [1.807, 2.05) is 0 Å². The van der Waals surface area contributed by atoms with E-state index in [1.54, 1.807) is 6.92 Å². The summed E-state index contributed by atoms with van der Waals surface area (Å²) in [5.41, 5.74) is -0.436. The van der Waals surface area contributed by atoms with Gasteiger partial charge in [0.15, 0.2) is 11.6 Å². The summed E-state index contributed by atoms with van der Waals surface area (Å²) in [7, 11) is 0. The molecule has 0 aliphatic heterocycles. The van der Waals surface area contributed by atoms with Crippen LogP contribution < -0.4 is 5.32 Å². The Kier molecular flexibility index (Phi) is 4.21. The van der Waals surface area contributed by atoms with E-state index in [2.05, 4.69) is 37.2 Å². The highest BCUT2D eigenvalue weighted by molar-refractivity contribution is 9.10. The summed E-state index contributed by atoms with van der Waals surface area (Å²) in [5.74, 6) is -2.14. The lowest BCUT2D eigenvalue weighted by Gasteiger charge is -2.09. The van der Waals surface area contributed by atoms with Gasteiger partial charge in [-0.25, -0.2) is 8.78 Å². The first-order chi connectivity index (χ1) is 6.91. The van der Waals surface area contributed by atoms with E-state index in [9.17, 15) is 13.6 Å². The van der Waals surface area contributed by atoms with Crippen molar-refractivity contribution in [2.45, 2.75) is 11.8 Å². The van der Waals surface area contributed by atoms with Gasteiger partial charge in [0.05, 0.1) is 4.83 Å². The van der Waals surface area contributed by atoms with Crippen molar-refractivity contribution >= 4 is 43.5 Å². The molecule has 0 aromatic heterocycles. The maximum absolute atomic E-state index is 13.2. The van der Waals surface area contributed by atoms with Crippen molar-refractivity contribution in [2.24, 2.45) is 0 Å². The van der Waals surface area contributed by atoms with Crippen molar-refractivity contribution in [1.29, 1.82) is 0 Å². The van der Waals surface area contributed by atoms with Crippen LogP contribution >= 0.6 is 31.9 Å². The Morgan fingerprint density at radius 2 is 1.87 bits per heavy atom. The molecule has 0 radical (unpaired) electrons. The van der Waals surface area contributed by atoms with Gasteiger partial charge < -0.3 is 5.32 Å². The zero-order valence-corrected chi connectivity index (χ0v) is 10.8. The molecule has 1 unspecified atom stereocenters. The largest absolute Gasteiger partial charge is 0.320 e. The molecule has 0 heterocycles. The third-order valence-corrected chi connectivity index (χ3v) is 2.49. The smallest absolute Gasteiger partial charge is 0.238 e. The summed E-state index contributed by atoms with van der Waals surface area (Å²) < 4.78 is 26.8. The summed E-state index contributed by atoms with van der Waals surface area (Å²) in [6.45, 7) is 1.56. The zero-order valence-electron chi connectivity index (χ0n) is 7.65. The molecule has 1 aromatic carbocycles. The molecule has 0 bridgehead atoms. The predicted octanol–water partition coefficient (Wildman–Crippen LogP) is 3.45. The van der Waals surface area contributed by atoms with Crippen LogP contribution in [0.25, 0.3) is 0 Å². The minimum atomic E-state index is -0.816. The first kappa shape index (κ1) is 12.6. The monoisotopic (exact) mass is 341 g/mol. The summed E-state index contributed by atoms with van der Waals surface area (Å²) in [5, 5.41) is 2.15. The van der Waals surface area contributed by atoms with E-state index in [-0.39, 0.29) is 4.47 Å². The zero-order chi connectivity index (χ0) is 11.6. The quantitative estimate of drug-likeness (QED) is 0.819. The molecule has 0 aliphatic rings. The van der Waals surface area contributed by atoms with E-state index in [1.165, 1.54) is 0 Å². The van der Waals surface area contributed by atoms with Crippen LogP contribution in [0.3, 0.4) is 0 Å². The summed E-state index contributed by atoms with van der Waals surface area (Å²) >= 11 is 5.93. The van der Waals surface area contributed by atoms with Crippen LogP contribution in [0.4, 0.5) is 14.5 Å². The number of anilines is 1. The fraction of sp³-hybridized carbons (Fsp3) is 0.222. The molecule has 0 saturated heterocycles. The summed E-state index contributed by atoms with van der Waals surface area (Å²) in [6, 6.07) is 2.16. The highest BCUT2D eigenvalue weighted by atomic mass is 79.9. The molecule has 0 aliphatic carbocycles. The van der Waals surface area contributed by atoms with Crippen LogP contribution in [0.2, 0.25) is 0 Å². The number of rotatable bonds is 2. The van der Waals surface area contributed by atoms with Crippen LogP contribution in [0.1, 0.15) is 6.92 Å². The number of alkyl halides is 1. The van der Waals surface area contributed by atoms with E-state index < -0.39 is 28.1 Å². The van der Waals surface area contributed by atoms with Gasteiger partial charge in [0, 0.05) is 4.47 Å². The van der Waals surface area contributed by atoms with E-state index >= 15 is 0 Å². The molecule has 1 rings (SSSR count). The standard InChI is InChI=1S/C9H7Br2F2NO/c1-4(10)9(15)14-8-6(12)2-5(11)3-7(8)13/h2-4H,1H3,(H,14,15). The van der Waals surface area contributed by atoms with Crippen LogP contribution in [0, 0.1) is 11.6 Å². The van der Waals surface area contributed by atoms with E-state index in [4.69, 9.17) is 0 Å². The molecular formula is C9H7Br2F2NO. The first-order valence-corrected chi connectivity index (χ1v) is 5.72. The number of carbonyl (C=O) groups is 1. The normalized spacial score (nSPS) is 12.3. The SMILES string of the molecule is CC(Br)C(=O)Nc1c(F)cc(Br)cc1F.